The third-order valence-electron chi connectivity index (χ3n) is 2.83. The zero-order valence-electron chi connectivity index (χ0n) is 10.6. The molecule has 0 aliphatic rings. The van der Waals surface area contributed by atoms with E-state index in [0.717, 1.165) is 0 Å². The van der Waals surface area contributed by atoms with Crippen LogP contribution in [0.25, 0.3) is 0 Å². The predicted molar refractivity (Wildman–Crippen MR) is 69.7 cm³/mol. The van der Waals surface area contributed by atoms with E-state index in [-0.39, 0.29) is 24.5 Å². The molecule has 0 saturated heterocycles. The quantitative estimate of drug-likeness (QED) is 0.932. The van der Waals surface area contributed by atoms with Gasteiger partial charge >= 0.3 is 0 Å². The van der Waals surface area contributed by atoms with Gasteiger partial charge in [0.15, 0.2) is 11.6 Å². The van der Waals surface area contributed by atoms with E-state index < -0.39 is 11.6 Å². The highest BCUT2D eigenvalue weighted by Crippen LogP contribution is 2.24. The van der Waals surface area contributed by atoms with Gasteiger partial charge in [-0.15, -0.1) is 0 Å². The van der Waals surface area contributed by atoms with Crippen LogP contribution in [0, 0.1) is 23.0 Å². The van der Waals surface area contributed by atoms with E-state index in [4.69, 9.17) is 15.7 Å². The van der Waals surface area contributed by atoms with Gasteiger partial charge < -0.3 is 10.5 Å². The number of halogens is 2. The Morgan fingerprint density at radius 3 is 2.65 bits per heavy atom. The maximum Gasteiger partial charge on any atom is 0.165 e. The molecule has 5 heteroatoms. The van der Waals surface area contributed by atoms with Crippen LogP contribution in [0.1, 0.15) is 16.7 Å². The van der Waals surface area contributed by atoms with Crippen LogP contribution in [-0.4, -0.2) is 0 Å². The highest BCUT2D eigenvalue weighted by Gasteiger charge is 2.11. The number of para-hydroxylation sites is 1. The van der Waals surface area contributed by atoms with Crippen LogP contribution in [0.4, 0.5) is 8.78 Å². The van der Waals surface area contributed by atoms with Gasteiger partial charge in [0, 0.05) is 17.7 Å². The van der Waals surface area contributed by atoms with Crippen molar-refractivity contribution in [3.8, 4) is 11.8 Å². The summed E-state index contributed by atoms with van der Waals surface area (Å²) in [5, 5.41) is 8.94. The monoisotopic (exact) mass is 274 g/mol. The van der Waals surface area contributed by atoms with Gasteiger partial charge in [0.25, 0.3) is 0 Å². The molecule has 0 saturated carbocycles. The standard InChI is InChI=1S/C15H12F2N2O/c16-13-5-4-10(7-18)12(6-13)9-20-15-11(8-19)2-1-3-14(15)17/h1-6H,8-9,19H2. The molecule has 3 nitrogen and oxygen atoms in total. The fraction of sp³-hybridized carbons (Fsp3) is 0.133. The van der Waals surface area contributed by atoms with Crippen molar-refractivity contribution in [2.24, 2.45) is 5.73 Å². The molecule has 2 rings (SSSR count). The lowest BCUT2D eigenvalue weighted by Gasteiger charge is -2.12. The van der Waals surface area contributed by atoms with Crippen LogP contribution in [0.5, 0.6) is 5.75 Å². The largest absolute Gasteiger partial charge is 0.485 e. The van der Waals surface area contributed by atoms with E-state index in [1.165, 1.54) is 30.3 Å². The Hall–Kier alpha value is -2.45. The summed E-state index contributed by atoms with van der Waals surface area (Å²) in [5.74, 6) is -0.985. The SMILES string of the molecule is N#Cc1ccc(F)cc1COc1c(F)cccc1CN. The fourth-order valence-corrected chi connectivity index (χ4v) is 1.82. The molecule has 0 unspecified atom stereocenters. The first-order valence-electron chi connectivity index (χ1n) is 5.94. The summed E-state index contributed by atoms with van der Waals surface area (Å²) in [6.07, 6.45) is 0. The fourth-order valence-electron chi connectivity index (χ4n) is 1.82. The molecule has 2 aromatic rings. The van der Waals surface area contributed by atoms with Gasteiger partial charge in [-0.1, -0.05) is 12.1 Å². The van der Waals surface area contributed by atoms with E-state index in [0.29, 0.717) is 11.1 Å². The van der Waals surface area contributed by atoms with Crippen molar-refractivity contribution in [3.63, 3.8) is 0 Å². The highest BCUT2D eigenvalue weighted by molar-refractivity contribution is 5.39. The van der Waals surface area contributed by atoms with Gasteiger partial charge in [0.05, 0.1) is 11.6 Å². The summed E-state index contributed by atoms with van der Waals surface area (Å²) < 4.78 is 32.2. The molecular weight excluding hydrogens is 262 g/mol. The van der Waals surface area contributed by atoms with Crippen LogP contribution in [0.3, 0.4) is 0 Å². The highest BCUT2D eigenvalue weighted by atomic mass is 19.1. The molecule has 102 valence electrons. The Balaban J connectivity index is 2.26. The van der Waals surface area contributed by atoms with Gasteiger partial charge in [-0.3, -0.25) is 0 Å². The average Bonchev–Trinajstić information content (AvgIpc) is 2.46. The van der Waals surface area contributed by atoms with Crippen molar-refractivity contribution in [1.82, 2.24) is 0 Å². The molecule has 0 radical (unpaired) electrons. The number of hydrogen-bond donors (Lipinski definition) is 1. The van der Waals surface area contributed by atoms with E-state index in [2.05, 4.69) is 0 Å². The Morgan fingerprint density at radius 2 is 1.95 bits per heavy atom. The first-order chi connectivity index (χ1) is 9.65. The minimum atomic E-state index is -0.539. The van der Waals surface area contributed by atoms with Gasteiger partial charge in [-0.25, -0.2) is 8.78 Å². The number of ether oxygens (including phenoxy) is 1. The third-order valence-corrected chi connectivity index (χ3v) is 2.83. The molecule has 0 amide bonds. The molecule has 0 aliphatic heterocycles. The molecule has 0 aromatic heterocycles. The van der Waals surface area contributed by atoms with E-state index in [1.807, 2.05) is 6.07 Å². The first kappa shape index (κ1) is 14.0. The summed E-state index contributed by atoms with van der Waals surface area (Å²) in [5.41, 5.74) is 6.67. The van der Waals surface area contributed by atoms with Crippen molar-refractivity contribution < 1.29 is 13.5 Å². The van der Waals surface area contributed by atoms with Crippen LogP contribution >= 0.6 is 0 Å². The second-order valence-corrected chi connectivity index (χ2v) is 4.13. The molecule has 0 heterocycles. The van der Waals surface area contributed by atoms with Gasteiger partial charge in [-0.2, -0.15) is 5.26 Å². The summed E-state index contributed by atoms with van der Waals surface area (Å²) >= 11 is 0. The minimum absolute atomic E-state index is 0.0307. The molecular formula is C15H12F2N2O. The number of rotatable bonds is 4. The molecule has 20 heavy (non-hydrogen) atoms. The lowest BCUT2D eigenvalue weighted by molar-refractivity contribution is 0.286. The van der Waals surface area contributed by atoms with Crippen molar-refractivity contribution in [2.45, 2.75) is 13.2 Å². The zero-order chi connectivity index (χ0) is 14.5. The number of hydrogen-bond acceptors (Lipinski definition) is 3. The number of nitrogens with two attached hydrogens (primary N) is 1. The second kappa shape index (κ2) is 6.13. The third kappa shape index (κ3) is 2.92. The van der Waals surface area contributed by atoms with Crippen molar-refractivity contribution in [3.05, 3.63) is 64.7 Å². The maximum atomic E-state index is 13.7. The van der Waals surface area contributed by atoms with Gasteiger partial charge in [0.2, 0.25) is 0 Å². The summed E-state index contributed by atoms with van der Waals surface area (Å²) in [6.45, 7) is 0.0237. The van der Waals surface area contributed by atoms with Gasteiger partial charge in [-0.05, 0) is 24.3 Å². The molecule has 0 spiro atoms. The Labute approximate surface area is 115 Å². The molecule has 0 atom stereocenters. The van der Waals surface area contributed by atoms with E-state index in [1.54, 1.807) is 6.07 Å². The summed E-state index contributed by atoms with van der Waals surface area (Å²) in [7, 11) is 0. The van der Waals surface area contributed by atoms with Crippen LogP contribution < -0.4 is 10.5 Å². The summed E-state index contributed by atoms with van der Waals surface area (Å²) in [4.78, 5) is 0. The predicted octanol–water partition coefficient (Wildman–Crippen LogP) is 2.87. The average molecular weight is 274 g/mol. The van der Waals surface area contributed by atoms with Crippen LogP contribution in [0.15, 0.2) is 36.4 Å². The number of nitriles is 1. The first-order valence-corrected chi connectivity index (χ1v) is 5.94. The Bertz CT molecular complexity index is 665. The Kier molecular flexibility index (Phi) is 4.28. The van der Waals surface area contributed by atoms with Crippen molar-refractivity contribution in [2.75, 3.05) is 0 Å². The smallest absolute Gasteiger partial charge is 0.165 e. The number of benzene rings is 2. The topological polar surface area (TPSA) is 59.0 Å². The van der Waals surface area contributed by atoms with Gasteiger partial charge in [0.1, 0.15) is 12.4 Å². The second-order valence-electron chi connectivity index (χ2n) is 4.13. The molecule has 2 N–H and O–H groups in total. The maximum absolute atomic E-state index is 13.7. The molecule has 0 bridgehead atoms. The van der Waals surface area contributed by atoms with Crippen LogP contribution in [0.2, 0.25) is 0 Å². The molecule has 0 fully saturated rings. The Morgan fingerprint density at radius 1 is 1.15 bits per heavy atom. The lowest BCUT2D eigenvalue weighted by Crippen LogP contribution is -2.05. The van der Waals surface area contributed by atoms with Crippen LogP contribution in [-0.2, 0) is 13.2 Å². The summed E-state index contributed by atoms with van der Waals surface area (Å²) in [6, 6.07) is 10.1. The number of nitrogens with zero attached hydrogens (tertiary/aromatic N) is 1. The molecule has 2 aromatic carbocycles. The van der Waals surface area contributed by atoms with Crippen molar-refractivity contribution in [1.29, 1.82) is 5.26 Å². The lowest BCUT2D eigenvalue weighted by atomic mass is 10.1. The van der Waals surface area contributed by atoms with Crippen molar-refractivity contribution >= 4 is 0 Å². The van der Waals surface area contributed by atoms with E-state index >= 15 is 0 Å². The minimum Gasteiger partial charge on any atom is -0.485 e. The normalized spacial score (nSPS) is 10.1. The van der Waals surface area contributed by atoms with E-state index in [9.17, 15) is 8.78 Å². The zero-order valence-corrected chi connectivity index (χ0v) is 10.6. The molecule has 0 aliphatic carbocycles.